The second kappa shape index (κ2) is 10.5. The molecule has 0 fully saturated rings. The zero-order chi connectivity index (χ0) is 7.28. The smallest absolute Gasteiger partial charge is 1.00 e. The van der Waals surface area contributed by atoms with Crippen LogP contribution in [0.3, 0.4) is 0 Å². The Hall–Kier alpha value is 0.485. The van der Waals surface area contributed by atoms with Gasteiger partial charge in [-0.2, -0.15) is 0 Å². The average Bonchev–Trinajstić information content (AvgIpc) is 1.83. The number of carboxylic acid groups (broad SMARTS) is 1. The predicted molar refractivity (Wildman–Crippen MR) is 34.2 cm³/mol. The van der Waals surface area contributed by atoms with Gasteiger partial charge in [-0.1, -0.05) is 0 Å². The topological polar surface area (TPSA) is 63.6 Å². The average molecular weight is 166 g/mol. The number of aliphatic carboxylic acids is 1. The van der Waals surface area contributed by atoms with Gasteiger partial charge in [0.2, 0.25) is 0 Å². The number of carbonyl (C=O) groups is 2. The van der Waals surface area contributed by atoms with Gasteiger partial charge in [0.15, 0.2) is 0 Å². The molecule has 0 heterocycles. The summed E-state index contributed by atoms with van der Waals surface area (Å²) in [7, 11) is 0. The molecule has 0 saturated carbocycles. The normalized spacial score (nSPS) is 7.00. The molecule has 56 valence electrons. The van der Waals surface area contributed by atoms with Gasteiger partial charge in [-0.25, -0.2) is 0 Å². The quantitative estimate of drug-likeness (QED) is 0.249. The van der Waals surface area contributed by atoms with Gasteiger partial charge in [-0.05, 0) is 0 Å². The van der Waals surface area contributed by atoms with Crippen molar-refractivity contribution in [3.05, 3.63) is 0 Å². The molecule has 0 aromatic heterocycles. The summed E-state index contributed by atoms with van der Waals surface area (Å²) in [6, 6.07) is 0. The molecule has 0 aliphatic rings. The summed E-state index contributed by atoms with van der Waals surface area (Å²) < 4.78 is 3.89. The first-order chi connectivity index (χ1) is 4.16. The van der Waals surface area contributed by atoms with E-state index in [4.69, 9.17) is 5.11 Å². The van der Waals surface area contributed by atoms with Crippen LogP contribution >= 0.6 is 12.9 Å². The second-order valence-electron chi connectivity index (χ2n) is 1.36. The summed E-state index contributed by atoms with van der Waals surface area (Å²) in [6.07, 6.45) is -0.335. The predicted octanol–water partition coefficient (Wildman–Crippen LogP) is -5.53. The van der Waals surface area contributed by atoms with Crippen molar-refractivity contribution in [1.29, 1.82) is 0 Å². The van der Waals surface area contributed by atoms with E-state index in [9.17, 15) is 9.59 Å². The summed E-state index contributed by atoms with van der Waals surface area (Å²) in [6.45, 7) is 0. The van der Waals surface area contributed by atoms with Crippen molar-refractivity contribution in [3.8, 4) is 0 Å². The largest absolute Gasteiger partial charge is 1.00 e. The Labute approximate surface area is 97.0 Å². The van der Waals surface area contributed by atoms with E-state index in [0.29, 0.717) is 0 Å². The third kappa shape index (κ3) is 13.5. The monoisotopic (exact) mass is 166 g/mol. The van der Waals surface area contributed by atoms with Crippen LogP contribution in [0, 0.1) is 0 Å². The van der Waals surface area contributed by atoms with Gasteiger partial charge in [0, 0.05) is 12.9 Å². The van der Waals surface area contributed by atoms with Crippen LogP contribution < -0.4 is 37.7 Å². The fourth-order valence-corrected chi connectivity index (χ4v) is 0.346. The number of rotatable bonds is 3. The second-order valence-corrected chi connectivity index (χ2v) is 1.54. The molecule has 0 bridgehead atoms. The van der Waals surface area contributed by atoms with Crippen molar-refractivity contribution >= 4 is 24.8 Å². The van der Waals surface area contributed by atoms with Crippen LogP contribution in [0.15, 0.2) is 0 Å². The van der Waals surface area contributed by atoms with E-state index in [-0.39, 0.29) is 53.4 Å². The van der Waals surface area contributed by atoms with Crippen molar-refractivity contribution in [1.82, 2.24) is 0 Å². The van der Waals surface area contributed by atoms with E-state index >= 15 is 0 Å². The Morgan fingerprint density at radius 2 is 1.82 bits per heavy atom. The molecule has 0 aromatic rings. The molecule has 0 atom stereocenters. The molecule has 11 heavy (non-hydrogen) atoms. The van der Waals surface area contributed by atoms with Crippen LogP contribution in [0.2, 0.25) is 0 Å². The Kier molecular flexibility index (Phi) is 16.7. The van der Waals surface area contributed by atoms with Crippen LogP contribution in [0.4, 0.5) is 0 Å². The third-order valence-corrected chi connectivity index (χ3v) is 0.848. The van der Waals surface area contributed by atoms with Gasteiger partial charge in [0.05, 0.1) is 12.8 Å². The van der Waals surface area contributed by atoms with Crippen LogP contribution in [-0.2, 0) is 13.8 Å². The SMILES string of the molecule is O=C(O)CCC(=O)OS.[H-].[H-].[Li+].[Li+]. The van der Waals surface area contributed by atoms with Gasteiger partial charge in [-0.15, -0.1) is 0 Å². The number of carboxylic acids is 1. The molecule has 0 aromatic carbocycles. The van der Waals surface area contributed by atoms with E-state index in [2.05, 4.69) is 17.1 Å². The zero-order valence-corrected chi connectivity index (χ0v) is 7.43. The van der Waals surface area contributed by atoms with Crippen molar-refractivity contribution < 1.29 is 59.5 Å². The Balaban J connectivity index is -0.0000000533. The van der Waals surface area contributed by atoms with Gasteiger partial charge in [0.1, 0.15) is 0 Å². The third-order valence-electron chi connectivity index (χ3n) is 0.645. The first-order valence-corrected chi connectivity index (χ1v) is 2.59. The molecule has 7 heteroatoms. The molecule has 4 nitrogen and oxygen atoms in total. The molecule has 0 spiro atoms. The van der Waals surface area contributed by atoms with Crippen molar-refractivity contribution in [3.63, 3.8) is 0 Å². The first-order valence-electron chi connectivity index (χ1n) is 2.23. The van der Waals surface area contributed by atoms with E-state index in [1.54, 1.807) is 0 Å². The summed E-state index contributed by atoms with van der Waals surface area (Å²) in [5, 5.41) is 8.03. The molecule has 0 unspecified atom stereocenters. The van der Waals surface area contributed by atoms with E-state index < -0.39 is 11.9 Å². The number of thiol groups is 1. The Morgan fingerprint density at radius 1 is 1.36 bits per heavy atom. The molecular formula is C4H8Li2O4S. The maximum atomic E-state index is 10.2. The summed E-state index contributed by atoms with van der Waals surface area (Å²) in [5.74, 6) is -1.64. The molecule has 0 rings (SSSR count). The fourth-order valence-electron chi connectivity index (χ4n) is 0.255. The number of hydrogen-bond donors (Lipinski definition) is 2. The van der Waals surface area contributed by atoms with Crippen molar-refractivity contribution in [2.24, 2.45) is 0 Å². The van der Waals surface area contributed by atoms with Crippen molar-refractivity contribution in [2.45, 2.75) is 12.8 Å². The summed E-state index contributed by atoms with van der Waals surface area (Å²) in [5.41, 5.74) is 0. The van der Waals surface area contributed by atoms with Gasteiger partial charge < -0.3 is 12.1 Å². The van der Waals surface area contributed by atoms with E-state index in [1.165, 1.54) is 0 Å². The minimum atomic E-state index is -1.02. The Morgan fingerprint density at radius 3 is 2.09 bits per heavy atom. The van der Waals surface area contributed by atoms with E-state index in [0.717, 1.165) is 0 Å². The van der Waals surface area contributed by atoms with Crippen LogP contribution in [-0.4, -0.2) is 17.0 Å². The molecule has 0 aliphatic carbocycles. The molecule has 1 N–H and O–H groups in total. The first kappa shape index (κ1) is 17.5. The number of hydrogen-bond acceptors (Lipinski definition) is 4. The fraction of sp³-hybridized carbons (Fsp3) is 0.500. The van der Waals surface area contributed by atoms with Crippen LogP contribution in [0.25, 0.3) is 0 Å². The minimum absolute atomic E-state index is 0. The molecular weight excluding hydrogens is 158 g/mol. The van der Waals surface area contributed by atoms with Gasteiger partial charge in [-0.3, -0.25) is 9.59 Å². The summed E-state index contributed by atoms with van der Waals surface area (Å²) >= 11 is 3.18. The van der Waals surface area contributed by atoms with Crippen molar-refractivity contribution in [2.75, 3.05) is 0 Å². The number of carbonyl (C=O) groups excluding carboxylic acids is 1. The standard InChI is InChI=1S/C4H6O4S.2Li.2H/c5-3(6)1-2-4(7)8-9;;;;/h9H,1-2H2,(H,5,6);;;;/q;2*+1;2*-1. The van der Waals surface area contributed by atoms with Crippen LogP contribution in [0.1, 0.15) is 15.7 Å². The maximum absolute atomic E-state index is 10.2. The summed E-state index contributed by atoms with van der Waals surface area (Å²) in [4.78, 5) is 19.9. The van der Waals surface area contributed by atoms with E-state index in [1.807, 2.05) is 0 Å². The molecule has 0 amide bonds. The molecule has 0 saturated heterocycles. The van der Waals surface area contributed by atoms with Gasteiger partial charge >= 0.3 is 49.7 Å². The molecule has 0 aliphatic heterocycles. The Bertz CT molecular complexity index is 137. The zero-order valence-electron chi connectivity index (χ0n) is 8.53. The maximum Gasteiger partial charge on any atom is 1.00 e. The van der Waals surface area contributed by atoms with Gasteiger partial charge in [0.25, 0.3) is 0 Å². The van der Waals surface area contributed by atoms with Crippen LogP contribution in [0.5, 0.6) is 0 Å². The minimum Gasteiger partial charge on any atom is -1.00 e. The molecule has 0 radical (unpaired) electrons.